The number of aliphatic hydroxyl groups excluding tert-OH is 1. The monoisotopic (exact) mass is 409 g/mol. The SMILES string of the molecule is CN(C(N)=NCC1CCC2(CCOCC2)C1O)C1CC1.I. The van der Waals surface area contributed by atoms with E-state index < -0.39 is 0 Å². The number of aliphatic imine (C=N–C) groups is 1. The van der Waals surface area contributed by atoms with Crippen LogP contribution in [0.2, 0.25) is 0 Å². The molecule has 0 amide bonds. The molecule has 6 heteroatoms. The lowest BCUT2D eigenvalue weighted by Crippen LogP contribution is -2.40. The largest absolute Gasteiger partial charge is 0.392 e. The molecular weight excluding hydrogens is 381 g/mol. The average Bonchev–Trinajstić information content (AvgIpc) is 3.27. The molecule has 0 radical (unpaired) electrons. The molecular formula is C15H28IN3O2. The number of nitrogens with two attached hydrogens (primary N) is 1. The molecule has 2 atom stereocenters. The van der Waals surface area contributed by atoms with Crippen molar-refractivity contribution in [3.05, 3.63) is 0 Å². The minimum atomic E-state index is -0.241. The van der Waals surface area contributed by atoms with Crippen molar-refractivity contribution >= 4 is 29.9 Å². The van der Waals surface area contributed by atoms with E-state index in [2.05, 4.69) is 9.89 Å². The summed E-state index contributed by atoms with van der Waals surface area (Å²) in [6.07, 6.45) is 6.36. The lowest BCUT2D eigenvalue weighted by atomic mass is 9.76. The maximum Gasteiger partial charge on any atom is 0.191 e. The molecule has 5 nitrogen and oxygen atoms in total. The summed E-state index contributed by atoms with van der Waals surface area (Å²) in [6, 6.07) is 0.592. The van der Waals surface area contributed by atoms with Gasteiger partial charge in [0.05, 0.1) is 6.10 Å². The third kappa shape index (κ3) is 3.64. The Balaban J connectivity index is 0.00000161. The molecule has 3 fully saturated rings. The van der Waals surface area contributed by atoms with Gasteiger partial charge in [0.25, 0.3) is 0 Å². The Bertz CT molecular complexity index is 381. The molecule has 21 heavy (non-hydrogen) atoms. The molecule has 1 aliphatic heterocycles. The molecule has 122 valence electrons. The van der Waals surface area contributed by atoms with Crippen LogP contribution in [0.4, 0.5) is 0 Å². The van der Waals surface area contributed by atoms with E-state index in [9.17, 15) is 5.11 Å². The van der Waals surface area contributed by atoms with E-state index in [0.717, 1.165) is 38.9 Å². The van der Waals surface area contributed by atoms with Crippen molar-refractivity contribution in [2.45, 2.75) is 50.7 Å². The highest BCUT2D eigenvalue weighted by molar-refractivity contribution is 14.0. The van der Waals surface area contributed by atoms with Crippen LogP contribution in [0, 0.1) is 11.3 Å². The van der Waals surface area contributed by atoms with Crippen LogP contribution in [0.3, 0.4) is 0 Å². The van der Waals surface area contributed by atoms with E-state index in [1.807, 2.05) is 7.05 Å². The Morgan fingerprint density at radius 1 is 1.29 bits per heavy atom. The van der Waals surface area contributed by atoms with Crippen molar-refractivity contribution in [1.82, 2.24) is 4.90 Å². The van der Waals surface area contributed by atoms with Crippen LogP contribution in [0.25, 0.3) is 0 Å². The highest BCUT2D eigenvalue weighted by atomic mass is 127. The van der Waals surface area contributed by atoms with Gasteiger partial charge < -0.3 is 20.5 Å². The number of hydrogen-bond donors (Lipinski definition) is 2. The number of hydrogen-bond acceptors (Lipinski definition) is 3. The maximum absolute atomic E-state index is 10.7. The Kier molecular flexibility index (Phi) is 5.76. The molecule has 1 heterocycles. The minimum absolute atomic E-state index is 0. The molecule has 2 saturated carbocycles. The van der Waals surface area contributed by atoms with Gasteiger partial charge in [-0.25, -0.2) is 0 Å². The fourth-order valence-electron chi connectivity index (χ4n) is 3.76. The normalized spacial score (nSPS) is 32.0. The fourth-order valence-corrected chi connectivity index (χ4v) is 3.76. The molecule has 0 aromatic rings. The van der Waals surface area contributed by atoms with Crippen LogP contribution in [-0.2, 0) is 4.74 Å². The summed E-state index contributed by atoms with van der Waals surface area (Å²) >= 11 is 0. The predicted molar refractivity (Wildman–Crippen MR) is 93.9 cm³/mol. The van der Waals surface area contributed by atoms with Gasteiger partial charge in [0, 0.05) is 44.2 Å². The summed E-state index contributed by atoms with van der Waals surface area (Å²) in [4.78, 5) is 6.60. The predicted octanol–water partition coefficient (Wildman–Crippen LogP) is 1.58. The Hall–Kier alpha value is -0.0800. The molecule has 2 unspecified atom stereocenters. The second-order valence-electron chi connectivity index (χ2n) is 6.76. The number of rotatable bonds is 3. The van der Waals surface area contributed by atoms with Crippen LogP contribution in [0.15, 0.2) is 4.99 Å². The topological polar surface area (TPSA) is 71.1 Å². The van der Waals surface area contributed by atoms with E-state index >= 15 is 0 Å². The quantitative estimate of drug-likeness (QED) is 0.422. The fraction of sp³-hybridized carbons (Fsp3) is 0.933. The summed E-state index contributed by atoms with van der Waals surface area (Å²) in [5.41, 5.74) is 6.12. The first-order valence-corrected chi connectivity index (χ1v) is 7.91. The first-order chi connectivity index (χ1) is 9.62. The first-order valence-electron chi connectivity index (χ1n) is 7.91. The minimum Gasteiger partial charge on any atom is -0.392 e. The van der Waals surface area contributed by atoms with Gasteiger partial charge in [0.2, 0.25) is 0 Å². The molecule has 0 bridgehead atoms. The van der Waals surface area contributed by atoms with Gasteiger partial charge in [-0.3, -0.25) is 4.99 Å². The van der Waals surface area contributed by atoms with Crippen LogP contribution in [0.5, 0.6) is 0 Å². The molecule has 0 aromatic heterocycles. The molecule has 3 N–H and O–H groups in total. The van der Waals surface area contributed by atoms with Crippen molar-refractivity contribution < 1.29 is 9.84 Å². The molecule has 1 saturated heterocycles. The van der Waals surface area contributed by atoms with Crippen molar-refractivity contribution in [2.24, 2.45) is 22.1 Å². The number of guanidine groups is 1. The first kappa shape index (κ1) is 17.3. The van der Waals surface area contributed by atoms with E-state index in [-0.39, 0.29) is 41.4 Å². The van der Waals surface area contributed by atoms with Crippen molar-refractivity contribution in [1.29, 1.82) is 0 Å². The van der Waals surface area contributed by atoms with Gasteiger partial charge in [-0.15, -0.1) is 24.0 Å². The number of ether oxygens (including phenoxy) is 1. The highest BCUT2D eigenvalue weighted by Crippen LogP contribution is 2.48. The zero-order valence-electron chi connectivity index (χ0n) is 12.8. The van der Waals surface area contributed by atoms with Crippen LogP contribution in [0.1, 0.15) is 38.5 Å². The summed E-state index contributed by atoms with van der Waals surface area (Å²) in [6.45, 7) is 2.24. The van der Waals surface area contributed by atoms with Crippen LogP contribution in [-0.4, -0.2) is 54.9 Å². The number of halogens is 1. The molecule has 3 aliphatic rings. The van der Waals surface area contributed by atoms with E-state index in [1.165, 1.54) is 12.8 Å². The van der Waals surface area contributed by atoms with Gasteiger partial charge in [-0.05, 0) is 38.5 Å². The van der Waals surface area contributed by atoms with E-state index in [4.69, 9.17) is 10.5 Å². The second-order valence-corrected chi connectivity index (χ2v) is 6.76. The Labute approximate surface area is 144 Å². The lowest BCUT2D eigenvalue weighted by molar-refractivity contribution is -0.0549. The van der Waals surface area contributed by atoms with Gasteiger partial charge in [-0.1, -0.05) is 0 Å². The van der Waals surface area contributed by atoms with E-state index in [1.54, 1.807) is 0 Å². The standard InChI is InChI=1S/C15H27N3O2.HI/c1-18(12-2-3-12)14(16)17-10-11-4-5-15(13(11)19)6-8-20-9-7-15;/h11-13,19H,2-10H2,1H3,(H2,16,17);1H. The smallest absolute Gasteiger partial charge is 0.191 e. The molecule has 1 spiro atoms. The Morgan fingerprint density at radius 3 is 2.57 bits per heavy atom. The van der Waals surface area contributed by atoms with Crippen LogP contribution < -0.4 is 5.73 Å². The summed E-state index contributed by atoms with van der Waals surface area (Å²) < 4.78 is 5.44. The molecule has 0 aromatic carbocycles. The Morgan fingerprint density at radius 2 is 1.95 bits per heavy atom. The van der Waals surface area contributed by atoms with Crippen molar-refractivity contribution in [2.75, 3.05) is 26.8 Å². The number of nitrogens with zero attached hydrogens (tertiary/aromatic N) is 2. The zero-order valence-corrected chi connectivity index (χ0v) is 15.2. The zero-order chi connectivity index (χ0) is 14.2. The van der Waals surface area contributed by atoms with Crippen molar-refractivity contribution in [3.8, 4) is 0 Å². The van der Waals surface area contributed by atoms with Gasteiger partial charge in [-0.2, -0.15) is 0 Å². The lowest BCUT2D eigenvalue weighted by Gasteiger charge is -2.37. The summed E-state index contributed by atoms with van der Waals surface area (Å²) in [5, 5.41) is 10.7. The molecule has 3 rings (SSSR count). The average molecular weight is 409 g/mol. The second kappa shape index (κ2) is 7.00. The molecule has 2 aliphatic carbocycles. The van der Waals surface area contributed by atoms with Crippen molar-refractivity contribution in [3.63, 3.8) is 0 Å². The van der Waals surface area contributed by atoms with Crippen LogP contribution >= 0.6 is 24.0 Å². The van der Waals surface area contributed by atoms with Gasteiger partial charge >= 0.3 is 0 Å². The highest BCUT2D eigenvalue weighted by Gasteiger charge is 2.48. The van der Waals surface area contributed by atoms with Gasteiger partial charge in [0.1, 0.15) is 0 Å². The maximum atomic E-state index is 10.7. The third-order valence-corrected chi connectivity index (χ3v) is 5.52. The van der Waals surface area contributed by atoms with E-state index in [0.29, 0.717) is 18.5 Å². The number of aliphatic hydroxyl groups is 1. The summed E-state index contributed by atoms with van der Waals surface area (Å²) in [7, 11) is 2.02. The summed E-state index contributed by atoms with van der Waals surface area (Å²) in [5.74, 6) is 0.895. The third-order valence-electron chi connectivity index (χ3n) is 5.52. The van der Waals surface area contributed by atoms with Gasteiger partial charge in [0.15, 0.2) is 5.96 Å².